The molecule has 8 nitrogen and oxygen atoms in total. The van der Waals surface area contributed by atoms with Gasteiger partial charge in [0.15, 0.2) is 0 Å². The average molecular weight is 417 g/mol. The summed E-state index contributed by atoms with van der Waals surface area (Å²) in [6, 6.07) is -0.0298. The van der Waals surface area contributed by atoms with Crippen molar-refractivity contribution in [1.82, 2.24) is 18.4 Å². The number of hydrogen-bond acceptors (Lipinski definition) is 5. The highest BCUT2D eigenvalue weighted by Gasteiger charge is 2.39. The van der Waals surface area contributed by atoms with Gasteiger partial charge in [-0.05, 0) is 46.2 Å². The first-order valence-electron chi connectivity index (χ1n) is 10.8. The molecule has 3 atom stereocenters. The molecule has 0 saturated carbocycles. The molecule has 0 bridgehead atoms. The number of hydrogen-bond donors (Lipinski definition) is 0. The maximum Gasteiger partial charge on any atom is 0.282 e. The Morgan fingerprint density at radius 1 is 0.964 bits per heavy atom. The van der Waals surface area contributed by atoms with Crippen molar-refractivity contribution in [2.75, 3.05) is 52.4 Å². The van der Waals surface area contributed by atoms with E-state index in [1.165, 1.54) is 8.61 Å². The zero-order chi connectivity index (χ0) is 20.3. The molecule has 3 aliphatic rings. The van der Waals surface area contributed by atoms with Crippen molar-refractivity contribution in [3.05, 3.63) is 0 Å². The summed E-state index contributed by atoms with van der Waals surface area (Å²) in [4.78, 5) is 17.3. The van der Waals surface area contributed by atoms with Crippen LogP contribution < -0.4 is 0 Å². The third-order valence-corrected chi connectivity index (χ3v) is 7.97. The minimum absolute atomic E-state index is 0.0298. The van der Waals surface area contributed by atoms with Crippen molar-refractivity contribution in [2.45, 2.75) is 64.7 Å². The number of nitrogens with zero attached hydrogens (tertiary/aromatic N) is 4. The van der Waals surface area contributed by atoms with Crippen molar-refractivity contribution in [1.29, 1.82) is 0 Å². The number of ether oxygens (including phenoxy) is 1. The van der Waals surface area contributed by atoms with Gasteiger partial charge in [-0.3, -0.25) is 9.69 Å². The second-order valence-corrected chi connectivity index (χ2v) is 10.3. The number of morpholine rings is 1. The highest BCUT2D eigenvalue weighted by Crippen LogP contribution is 2.22. The maximum absolute atomic E-state index is 13.1. The standard InChI is InChI=1S/C19H36N4O4S/c1-4-8-20-9-6-5-7-18(20)19(24)21-10-12-22(13-11-21)28(25,26)23-14-16(2)27-17(3)15-23/h16-18H,4-15H2,1-3H3. The third kappa shape index (κ3) is 4.87. The monoisotopic (exact) mass is 416 g/mol. The van der Waals surface area contributed by atoms with E-state index in [2.05, 4.69) is 11.8 Å². The highest BCUT2D eigenvalue weighted by molar-refractivity contribution is 7.86. The first-order chi connectivity index (χ1) is 13.3. The molecule has 0 aliphatic carbocycles. The van der Waals surface area contributed by atoms with Gasteiger partial charge in [0.1, 0.15) is 0 Å². The van der Waals surface area contributed by atoms with Gasteiger partial charge < -0.3 is 9.64 Å². The Balaban J connectivity index is 1.58. The lowest BCUT2D eigenvalue weighted by Crippen LogP contribution is -2.59. The van der Waals surface area contributed by atoms with Crippen LogP contribution in [0.3, 0.4) is 0 Å². The number of carbonyl (C=O) groups is 1. The largest absolute Gasteiger partial charge is 0.373 e. The molecule has 3 aliphatic heterocycles. The maximum atomic E-state index is 13.1. The van der Waals surface area contributed by atoms with Gasteiger partial charge in [0.05, 0.1) is 18.2 Å². The smallest absolute Gasteiger partial charge is 0.282 e. The lowest BCUT2D eigenvalue weighted by molar-refractivity contribution is -0.139. The quantitative estimate of drug-likeness (QED) is 0.661. The summed E-state index contributed by atoms with van der Waals surface area (Å²) in [6.45, 7) is 10.4. The summed E-state index contributed by atoms with van der Waals surface area (Å²) in [5.74, 6) is 0.179. The highest BCUT2D eigenvalue weighted by atomic mass is 32.2. The Morgan fingerprint density at radius 3 is 2.21 bits per heavy atom. The van der Waals surface area contributed by atoms with Crippen LogP contribution in [0.2, 0.25) is 0 Å². The summed E-state index contributed by atoms with van der Waals surface area (Å²) in [5.41, 5.74) is 0. The van der Waals surface area contributed by atoms with Crippen molar-refractivity contribution >= 4 is 16.1 Å². The molecule has 3 unspecified atom stereocenters. The molecular weight excluding hydrogens is 380 g/mol. The van der Waals surface area contributed by atoms with Gasteiger partial charge in [-0.15, -0.1) is 0 Å². The fourth-order valence-electron chi connectivity index (χ4n) is 4.66. The van der Waals surface area contributed by atoms with Crippen molar-refractivity contribution in [3.63, 3.8) is 0 Å². The van der Waals surface area contributed by atoms with Crippen LogP contribution in [0.1, 0.15) is 46.5 Å². The molecule has 3 fully saturated rings. The lowest BCUT2D eigenvalue weighted by Gasteiger charge is -2.42. The van der Waals surface area contributed by atoms with Crippen LogP contribution in [-0.2, 0) is 19.7 Å². The minimum Gasteiger partial charge on any atom is -0.373 e. The van der Waals surface area contributed by atoms with Gasteiger partial charge in [-0.1, -0.05) is 13.3 Å². The molecule has 3 saturated heterocycles. The van der Waals surface area contributed by atoms with Gasteiger partial charge in [-0.25, -0.2) is 0 Å². The van der Waals surface area contributed by atoms with E-state index < -0.39 is 10.2 Å². The molecule has 3 heterocycles. The molecule has 0 aromatic carbocycles. The second kappa shape index (κ2) is 9.38. The van der Waals surface area contributed by atoms with Crippen molar-refractivity contribution in [3.8, 4) is 0 Å². The van der Waals surface area contributed by atoms with Crippen molar-refractivity contribution in [2.24, 2.45) is 0 Å². The Hall–Kier alpha value is -0.740. The number of rotatable bonds is 5. The fourth-order valence-corrected chi connectivity index (χ4v) is 6.41. The summed E-state index contributed by atoms with van der Waals surface area (Å²) >= 11 is 0. The van der Waals surface area contributed by atoms with E-state index in [1.807, 2.05) is 18.7 Å². The summed E-state index contributed by atoms with van der Waals surface area (Å²) in [5, 5.41) is 0. The van der Waals surface area contributed by atoms with E-state index in [0.717, 1.165) is 38.8 Å². The number of amides is 1. The number of piperazine rings is 1. The van der Waals surface area contributed by atoms with Crippen LogP contribution in [0.25, 0.3) is 0 Å². The minimum atomic E-state index is -3.51. The zero-order valence-electron chi connectivity index (χ0n) is 17.5. The van der Waals surface area contributed by atoms with Crippen LogP contribution in [-0.4, -0.2) is 103 Å². The average Bonchev–Trinajstić information content (AvgIpc) is 2.67. The number of piperidine rings is 1. The predicted octanol–water partition coefficient (Wildman–Crippen LogP) is 0.749. The van der Waals surface area contributed by atoms with Gasteiger partial charge >= 0.3 is 0 Å². The van der Waals surface area contributed by atoms with Crippen LogP contribution >= 0.6 is 0 Å². The summed E-state index contributed by atoms with van der Waals surface area (Å²) in [7, 11) is -3.51. The first-order valence-corrected chi connectivity index (χ1v) is 12.2. The second-order valence-electron chi connectivity index (χ2n) is 8.35. The summed E-state index contributed by atoms with van der Waals surface area (Å²) in [6.07, 6.45) is 4.02. The molecule has 0 spiro atoms. The molecule has 162 valence electrons. The Labute approximate surface area is 170 Å². The molecule has 28 heavy (non-hydrogen) atoms. The van der Waals surface area contributed by atoms with Crippen LogP contribution in [0.4, 0.5) is 0 Å². The Kier molecular flexibility index (Phi) is 7.36. The van der Waals surface area contributed by atoms with Crippen LogP contribution in [0, 0.1) is 0 Å². The third-order valence-electron chi connectivity index (χ3n) is 6.00. The number of likely N-dealkylation sites (tertiary alicyclic amines) is 1. The lowest BCUT2D eigenvalue weighted by atomic mass is 10.0. The Bertz CT molecular complexity index is 624. The zero-order valence-corrected chi connectivity index (χ0v) is 18.4. The summed E-state index contributed by atoms with van der Waals surface area (Å²) < 4.78 is 34.8. The Morgan fingerprint density at radius 2 is 1.61 bits per heavy atom. The van der Waals surface area contributed by atoms with Crippen molar-refractivity contribution < 1.29 is 17.9 Å². The van der Waals surface area contributed by atoms with E-state index >= 15 is 0 Å². The van der Waals surface area contributed by atoms with Gasteiger partial charge in [0.25, 0.3) is 10.2 Å². The predicted molar refractivity (Wildman–Crippen MR) is 108 cm³/mol. The van der Waals surface area contributed by atoms with E-state index in [4.69, 9.17) is 4.74 Å². The SMILES string of the molecule is CCCN1CCCCC1C(=O)N1CCN(S(=O)(=O)N2CC(C)OC(C)C2)CC1. The van der Waals surface area contributed by atoms with E-state index in [1.54, 1.807) is 0 Å². The number of carbonyl (C=O) groups excluding carboxylic acids is 1. The molecule has 1 amide bonds. The molecule has 3 rings (SSSR count). The topological polar surface area (TPSA) is 73.4 Å². The van der Waals surface area contributed by atoms with E-state index in [-0.39, 0.29) is 24.2 Å². The van der Waals surface area contributed by atoms with Gasteiger partial charge in [0, 0.05) is 39.3 Å². The van der Waals surface area contributed by atoms with Gasteiger partial charge in [0.2, 0.25) is 5.91 Å². The molecule has 9 heteroatoms. The first kappa shape index (κ1) is 22.0. The van der Waals surface area contributed by atoms with Crippen LogP contribution in [0.5, 0.6) is 0 Å². The molecule has 0 aromatic heterocycles. The molecular formula is C19H36N4O4S. The molecule has 0 N–H and O–H groups in total. The molecule has 0 aromatic rings. The fraction of sp³-hybridized carbons (Fsp3) is 0.947. The molecule has 0 radical (unpaired) electrons. The van der Waals surface area contributed by atoms with E-state index in [9.17, 15) is 13.2 Å². The van der Waals surface area contributed by atoms with Crippen LogP contribution in [0.15, 0.2) is 0 Å². The van der Waals surface area contributed by atoms with E-state index in [0.29, 0.717) is 39.3 Å². The normalized spacial score (nSPS) is 31.8. The van der Waals surface area contributed by atoms with Gasteiger partial charge in [-0.2, -0.15) is 17.0 Å².